The summed E-state index contributed by atoms with van der Waals surface area (Å²) >= 11 is 6.00. The fourth-order valence-corrected chi connectivity index (χ4v) is 1.83. The number of hydrogen-bond donors (Lipinski definition) is 2. The fourth-order valence-electron chi connectivity index (χ4n) is 1.66. The molecule has 0 saturated heterocycles. The van der Waals surface area contributed by atoms with E-state index in [0.717, 1.165) is 0 Å². The van der Waals surface area contributed by atoms with Gasteiger partial charge in [0.25, 0.3) is 0 Å². The summed E-state index contributed by atoms with van der Waals surface area (Å²) in [6.45, 7) is 6.50. The zero-order chi connectivity index (χ0) is 15.5. The van der Waals surface area contributed by atoms with Crippen molar-refractivity contribution < 1.29 is 4.39 Å². The van der Waals surface area contributed by atoms with Crippen LogP contribution in [0.1, 0.15) is 26.3 Å². The minimum atomic E-state index is -0.407. The van der Waals surface area contributed by atoms with Crippen molar-refractivity contribution in [2.45, 2.75) is 32.9 Å². The average molecular weight is 309 g/mol. The van der Waals surface area contributed by atoms with Gasteiger partial charge in [-0.15, -0.1) is 0 Å². The van der Waals surface area contributed by atoms with Crippen molar-refractivity contribution in [2.75, 3.05) is 5.32 Å². The van der Waals surface area contributed by atoms with Crippen molar-refractivity contribution in [2.24, 2.45) is 0 Å². The largest absolute Gasteiger partial charge is 0.321 e. The summed E-state index contributed by atoms with van der Waals surface area (Å²) in [4.78, 5) is 8.07. The lowest BCUT2D eigenvalue weighted by molar-refractivity contribution is 0.418. The molecule has 0 radical (unpaired) electrons. The van der Waals surface area contributed by atoms with E-state index >= 15 is 0 Å². The molecule has 2 aromatic heterocycles. The molecule has 2 rings (SSSR count). The van der Waals surface area contributed by atoms with Gasteiger partial charge in [-0.25, -0.2) is 14.4 Å². The third kappa shape index (κ3) is 4.37. The monoisotopic (exact) mass is 308 g/mol. The topological polar surface area (TPSA) is 49.8 Å². The second kappa shape index (κ2) is 6.37. The molecule has 0 aliphatic rings. The molecule has 2 heterocycles. The van der Waals surface area contributed by atoms with Gasteiger partial charge in [-0.1, -0.05) is 11.6 Å². The number of halogens is 2. The summed E-state index contributed by atoms with van der Waals surface area (Å²) in [5.74, 6) is 0.0891. The van der Waals surface area contributed by atoms with E-state index in [1.165, 1.54) is 0 Å². The molecule has 0 aliphatic carbocycles. The highest BCUT2D eigenvalue weighted by Gasteiger charge is 2.14. The Morgan fingerprint density at radius 2 is 1.86 bits per heavy atom. The number of pyridine rings is 2. The molecule has 0 aliphatic heterocycles. The molecule has 21 heavy (non-hydrogen) atoms. The van der Waals surface area contributed by atoms with Gasteiger partial charge in [0.15, 0.2) is 11.6 Å². The highest BCUT2D eigenvalue weighted by Crippen LogP contribution is 2.24. The number of aromatic nitrogens is 2. The number of rotatable bonds is 4. The van der Waals surface area contributed by atoms with Crippen LogP contribution in [0.15, 0.2) is 30.6 Å². The van der Waals surface area contributed by atoms with Crippen LogP contribution in [0, 0.1) is 5.82 Å². The summed E-state index contributed by atoms with van der Waals surface area (Å²) < 4.78 is 14.4. The summed E-state index contributed by atoms with van der Waals surface area (Å²) in [6.07, 6.45) is 3.14. The predicted molar refractivity (Wildman–Crippen MR) is 83.3 cm³/mol. The highest BCUT2D eigenvalue weighted by molar-refractivity contribution is 6.33. The van der Waals surface area contributed by atoms with Crippen LogP contribution in [-0.2, 0) is 6.54 Å². The first kappa shape index (κ1) is 15.7. The maximum Gasteiger partial charge on any atom is 0.170 e. The van der Waals surface area contributed by atoms with E-state index in [4.69, 9.17) is 11.6 Å². The van der Waals surface area contributed by atoms with Gasteiger partial charge in [-0.2, -0.15) is 0 Å². The Balaban J connectivity index is 2.20. The third-order valence-electron chi connectivity index (χ3n) is 2.77. The Morgan fingerprint density at radius 1 is 1.14 bits per heavy atom. The molecule has 2 N–H and O–H groups in total. The quantitative estimate of drug-likeness (QED) is 0.899. The van der Waals surface area contributed by atoms with Crippen molar-refractivity contribution in [1.82, 2.24) is 15.3 Å². The molecule has 6 heteroatoms. The smallest absolute Gasteiger partial charge is 0.170 e. The van der Waals surface area contributed by atoms with Gasteiger partial charge in [0.05, 0.1) is 5.02 Å². The Labute approximate surface area is 128 Å². The van der Waals surface area contributed by atoms with Crippen LogP contribution in [-0.4, -0.2) is 15.5 Å². The Morgan fingerprint density at radius 3 is 2.52 bits per heavy atom. The zero-order valence-electron chi connectivity index (χ0n) is 12.2. The van der Waals surface area contributed by atoms with E-state index < -0.39 is 5.82 Å². The number of anilines is 2. The van der Waals surface area contributed by atoms with E-state index in [2.05, 4.69) is 20.6 Å². The first-order chi connectivity index (χ1) is 9.87. The molecular weight excluding hydrogens is 291 g/mol. The lowest BCUT2D eigenvalue weighted by Gasteiger charge is -2.21. The van der Waals surface area contributed by atoms with Crippen LogP contribution < -0.4 is 10.6 Å². The van der Waals surface area contributed by atoms with Crippen molar-refractivity contribution >= 4 is 23.2 Å². The van der Waals surface area contributed by atoms with Gasteiger partial charge in [0.1, 0.15) is 5.82 Å². The van der Waals surface area contributed by atoms with E-state index in [1.54, 1.807) is 30.6 Å². The minimum absolute atomic E-state index is 0.0897. The summed E-state index contributed by atoms with van der Waals surface area (Å²) in [6, 6.07) is 5.04. The number of nitrogens with zero attached hydrogens (tertiary/aromatic N) is 2. The van der Waals surface area contributed by atoms with Gasteiger partial charge < -0.3 is 10.6 Å². The number of nitrogens with one attached hydrogen (secondary N) is 2. The first-order valence-electron chi connectivity index (χ1n) is 6.63. The fraction of sp³-hybridized carbons (Fsp3) is 0.333. The molecule has 0 spiro atoms. The molecule has 112 valence electrons. The van der Waals surface area contributed by atoms with Gasteiger partial charge >= 0.3 is 0 Å². The van der Waals surface area contributed by atoms with Gasteiger partial charge in [-0.05, 0) is 39.0 Å². The van der Waals surface area contributed by atoms with E-state index in [0.29, 0.717) is 22.9 Å². The van der Waals surface area contributed by atoms with E-state index in [1.807, 2.05) is 20.8 Å². The molecule has 0 unspecified atom stereocenters. The second-order valence-corrected chi connectivity index (χ2v) is 6.10. The molecule has 0 atom stereocenters. The van der Waals surface area contributed by atoms with Crippen LogP contribution in [0.5, 0.6) is 0 Å². The molecule has 0 amide bonds. The molecule has 0 aromatic carbocycles. The maximum atomic E-state index is 14.4. The highest BCUT2D eigenvalue weighted by atomic mass is 35.5. The van der Waals surface area contributed by atoms with Crippen LogP contribution >= 0.6 is 11.6 Å². The number of hydrogen-bond acceptors (Lipinski definition) is 4. The summed E-state index contributed by atoms with van der Waals surface area (Å²) in [5.41, 5.74) is 0.447. The molecule has 0 fully saturated rings. The van der Waals surface area contributed by atoms with Crippen molar-refractivity contribution in [3.05, 3.63) is 47.0 Å². The summed E-state index contributed by atoms with van der Waals surface area (Å²) in [7, 11) is 0. The molecule has 2 aromatic rings. The average Bonchev–Trinajstić information content (AvgIpc) is 2.41. The lowest BCUT2D eigenvalue weighted by Crippen LogP contribution is -2.35. The predicted octanol–water partition coefficient (Wildman–Crippen LogP) is 3.90. The lowest BCUT2D eigenvalue weighted by atomic mass is 10.1. The maximum absolute atomic E-state index is 14.4. The van der Waals surface area contributed by atoms with Crippen LogP contribution in [0.3, 0.4) is 0 Å². The van der Waals surface area contributed by atoms with E-state index in [9.17, 15) is 4.39 Å². The Bertz CT molecular complexity index is 625. The summed E-state index contributed by atoms with van der Waals surface area (Å²) in [5, 5.41) is 6.48. The van der Waals surface area contributed by atoms with Crippen LogP contribution in [0.2, 0.25) is 5.02 Å². The van der Waals surface area contributed by atoms with Gasteiger partial charge in [-0.3, -0.25) is 0 Å². The van der Waals surface area contributed by atoms with Crippen molar-refractivity contribution in [3.8, 4) is 0 Å². The molecule has 0 saturated carbocycles. The Hall–Kier alpha value is -1.72. The Kier molecular flexibility index (Phi) is 4.75. The standard InChI is InChI=1S/C15H18ClFN4/c1-15(2,3)20-9-10-6-8-19-14(12(10)17)21-13-11(16)5-4-7-18-13/h4-8,20H,9H2,1-3H3,(H,18,19,21). The van der Waals surface area contributed by atoms with Gasteiger partial charge in [0, 0.05) is 30.0 Å². The second-order valence-electron chi connectivity index (χ2n) is 5.70. The van der Waals surface area contributed by atoms with Crippen LogP contribution in [0.4, 0.5) is 16.0 Å². The van der Waals surface area contributed by atoms with Gasteiger partial charge in [0.2, 0.25) is 0 Å². The first-order valence-corrected chi connectivity index (χ1v) is 7.00. The van der Waals surface area contributed by atoms with Crippen molar-refractivity contribution in [3.63, 3.8) is 0 Å². The molecule has 4 nitrogen and oxygen atoms in total. The van der Waals surface area contributed by atoms with Crippen LogP contribution in [0.25, 0.3) is 0 Å². The van der Waals surface area contributed by atoms with Crippen molar-refractivity contribution in [1.29, 1.82) is 0 Å². The third-order valence-corrected chi connectivity index (χ3v) is 3.08. The minimum Gasteiger partial charge on any atom is -0.321 e. The molecular formula is C15H18ClFN4. The molecule has 0 bridgehead atoms. The normalized spacial score (nSPS) is 11.5. The van der Waals surface area contributed by atoms with E-state index in [-0.39, 0.29) is 11.4 Å². The zero-order valence-corrected chi connectivity index (χ0v) is 13.0. The SMILES string of the molecule is CC(C)(C)NCc1ccnc(Nc2ncccc2Cl)c1F.